The predicted molar refractivity (Wildman–Crippen MR) is 98.0 cm³/mol. The highest BCUT2D eigenvalue weighted by Crippen LogP contribution is 2.27. The van der Waals surface area contributed by atoms with Crippen LogP contribution in [0.4, 0.5) is 5.69 Å². The molecule has 1 aliphatic rings. The summed E-state index contributed by atoms with van der Waals surface area (Å²) in [6, 6.07) is 5.46. The third-order valence-electron chi connectivity index (χ3n) is 4.36. The van der Waals surface area contributed by atoms with Crippen molar-refractivity contribution in [3.8, 4) is 0 Å². The Balaban J connectivity index is 1.99. The van der Waals surface area contributed by atoms with Crippen LogP contribution >= 0.6 is 12.2 Å². The molecule has 1 aromatic rings. The minimum atomic E-state index is -0.294. The minimum Gasteiger partial charge on any atom is -0.462 e. The van der Waals surface area contributed by atoms with Crippen molar-refractivity contribution in [3.63, 3.8) is 0 Å². The fourth-order valence-electron chi connectivity index (χ4n) is 3.03. The maximum absolute atomic E-state index is 11.8. The first-order valence-electron chi connectivity index (χ1n) is 8.30. The van der Waals surface area contributed by atoms with Gasteiger partial charge in [0.15, 0.2) is 5.11 Å². The van der Waals surface area contributed by atoms with Crippen LogP contribution in [-0.2, 0) is 4.74 Å². The van der Waals surface area contributed by atoms with Gasteiger partial charge in [-0.25, -0.2) is 4.79 Å². The number of nitrogens with one attached hydrogen (secondary N) is 2. The fourth-order valence-corrected chi connectivity index (χ4v) is 3.39. The van der Waals surface area contributed by atoms with Gasteiger partial charge in [-0.2, -0.15) is 0 Å². The van der Waals surface area contributed by atoms with Crippen LogP contribution in [0.5, 0.6) is 0 Å². The molecule has 1 aliphatic carbocycles. The lowest BCUT2D eigenvalue weighted by atomic mass is 9.83. The van der Waals surface area contributed by atoms with Crippen LogP contribution in [0.15, 0.2) is 18.2 Å². The van der Waals surface area contributed by atoms with Crippen molar-refractivity contribution in [2.75, 3.05) is 11.9 Å². The zero-order valence-electron chi connectivity index (χ0n) is 14.2. The van der Waals surface area contributed by atoms with Crippen LogP contribution in [0, 0.1) is 6.92 Å². The summed E-state index contributed by atoms with van der Waals surface area (Å²) in [6.45, 7) is 6.37. The Kier molecular flexibility index (Phi) is 5.99. The summed E-state index contributed by atoms with van der Waals surface area (Å²) in [6.07, 6.45) is 6.11. The third-order valence-corrected chi connectivity index (χ3v) is 4.56. The second-order valence-corrected chi connectivity index (χ2v) is 6.86. The van der Waals surface area contributed by atoms with Crippen LogP contribution in [0.2, 0.25) is 0 Å². The van der Waals surface area contributed by atoms with Gasteiger partial charge in [-0.15, -0.1) is 0 Å². The number of hydrogen-bond donors (Lipinski definition) is 2. The van der Waals surface area contributed by atoms with Crippen LogP contribution in [0.3, 0.4) is 0 Å². The Labute approximate surface area is 144 Å². The van der Waals surface area contributed by atoms with E-state index in [1.165, 1.54) is 19.3 Å². The molecule has 126 valence electrons. The number of carbonyl (C=O) groups excluding carboxylic acids is 1. The molecule has 0 saturated heterocycles. The van der Waals surface area contributed by atoms with Gasteiger partial charge < -0.3 is 15.4 Å². The van der Waals surface area contributed by atoms with E-state index >= 15 is 0 Å². The molecule has 0 atom stereocenters. The maximum Gasteiger partial charge on any atom is 0.338 e. The van der Waals surface area contributed by atoms with E-state index in [1.54, 1.807) is 13.0 Å². The van der Waals surface area contributed by atoms with Crippen LogP contribution < -0.4 is 10.6 Å². The first-order valence-corrected chi connectivity index (χ1v) is 8.71. The molecule has 2 rings (SSSR count). The molecule has 4 nitrogen and oxygen atoms in total. The van der Waals surface area contributed by atoms with E-state index in [0.29, 0.717) is 17.3 Å². The van der Waals surface area contributed by atoms with Crippen molar-refractivity contribution >= 4 is 29.0 Å². The molecule has 0 amide bonds. The summed E-state index contributed by atoms with van der Waals surface area (Å²) >= 11 is 5.46. The normalized spacial score (nSPS) is 16.5. The lowest BCUT2D eigenvalue weighted by molar-refractivity contribution is 0.0526. The van der Waals surface area contributed by atoms with Crippen molar-refractivity contribution < 1.29 is 9.53 Å². The largest absolute Gasteiger partial charge is 0.462 e. The van der Waals surface area contributed by atoms with Gasteiger partial charge in [0.05, 0.1) is 12.2 Å². The Morgan fingerprint density at radius 2 is 2.00 bits per heavy atom. The van der Waals surface area contributed by atoms with E-state index < -0.39 is 0 Å². The highest BCUT2D eigenvalue weighted by molar-refractivity contribution is 7.80. The van der Waals surface area contributed by atoms with Crippen molar-refractivity contribution in [2.24, 2.45) is 0 Å². The molecule has 0 spiro atoms. The number of anilines is 1. The molecule has 0 bridgehead atoms. The Bertz CT molecular complexity index is 580. The number of thiocarbonyl (C=S) groups is 1. The Morgan fingerprint density at radius 1 is 1.30 bits per heavy atom. The van der Waals surface area contributed by atoms with E-state index in [9.17, 15) is 4.79 Å². The summed E-state index contributed by atoms with van der Waals surface area (Å²) in [5.41, 5.74) is 2.53. The first kappa shape index (κ1) is 17.7. The summed E-state index contributed by atoms with van der Waals surface area (Å²) in [7, 11) is 0. The number of hydrogen-bond acceptors (Lipinski definition) is 3. The molecule has 0 unspecified atom stereocenters. The average molecular weight is 334 g/mol. The monoisotopic (exact) mass is 334 g/mol. The summed E-state index contributed by atoms with van der Waals surface area (Å²) in [5.74, 6) is -0.294. The van der Waals surface area contributed by atoms with E-state index in [2.05, 4.69) is 17.6 Å². The number of ether oxygens (including phenoxy) is 1. The zero-order chi connectivity index (χ0) is 16.9. The zero-order valence-corrected chi connectivity index (χ0v) is 15.0. The van der Waals surface area contributed by atoms with Gasteiger partial charge in [0, 0.05) is 11.2 Å². The first-order chi connectivity index (χ1) is 10.9. The van der Waals surface area contributed by atoms with E-state index in [-0.39, 0.29) is 11.5 Å². The molecule has 5 heteroatoms. The predicted octanol–water partition coefficient (Wildman–Crippen LogP) is 4.18. The molecule has 23 heavy (non-hydrogen) atoms. The molecule has 0 aromatic heterocycles. The Hall–Kier alpha value is -1.62. The molecule has 0 radical (unpaired) electrons. The summed E-state index contributed by atoms with van der Waals surface area (Å²) in [4.78, 5) is 11.8. The van der Waals surface area contributed by atoms with Gasteiger partial charge in [0.25, 0.3) is 0 Å². The van der Waals surface area contributed by atoms with Crippen LogP contribution in [-0.4, -0.2) is 23.2 Å². The van der Waals surface area contributed by atoms with Crippen molar-refractivity contribution in [3.05, 3.63) is 29.3 Å². The van der Waals surface area contributed by atoms with Gasteiger partial charge in [0.2, 0.25) is 0 Å². The smallest absolute Gasteiger partial charge is 0.338 e. The minimum absolute atomic E-state index is 0.0844. The second kappa shape index (κ2) is 7.77. The van der Waals surface area contributed by atoms with Gasteiger partial charge in [0.1, 0.15) is 0 Å². The van der Waals surface area contributed by atoms with Crippen molar-refractivity contribution in [1.29, 1.82) is 0 Å². The van der Waals surface area contributed by atoms with Gasteiger partial charge in [-0.05, 0) is 69.6 Å². The number of carbonyl (C=O) groups is 1. The molecule has 0 aliphatic heterocycles. The van der Waals surface area contributed by atoms with Crippen LogP contribution in [0.25, 0.3) is 0 Å². The van der Waals surface area contributed by atoms with E-state index in [0.717, 1.165) is 24.1 Å². The van der Waals surface area contributed by atoms with Gasteiger partial charge in [-0.1, -0.05) is 19.3 Å². The lowest BCUT2D eigenvalue weighted by Crippen LogP contribution is -2.48. The lowest BCUT2D eigenvalue weighted by Gasteiger charge is -2.35. The summed E-state index contributed by atoms with van der Waals surface area (Å²) in [5, 5.41) is 7.35. The van der Waals surface area contributed by atoms with E-state index in [4.69, 9.17) is 17.0 Å². The van der Waals surface area contributed by atoms with Crippen LogP contribution in [0.1, 0.15) is 61.9 Å². The molecule has 0 heterocycles. The van der Waals surface area contributed by atoms with Gasteiger partial charge >= 0.3 is 5.97 Å². The number of rotatable bonds is 4. The molecule has 2 N–H and O–H groups in total. The van der Waals surface area contributed by atoms with Crippen molar-refractivity contribution in [1.82, 2.24) is 5.32 Å². The topological polar surface area (TPSA) is 50.4 Å². The summed E-state index contributed by atoms with van der Waals surface area (Å²) < 4.78 is 5.02. The average Bonchev–Trinajstić information content (AvgIpc) is 2.49. The highest BCUT2D eigenvalue weighted by atomic mass is 32.1. The molecule has 1 aromatic carbocycles. The molecule has 1 saturated carbocycles. The third kappa shape index (κ3) is 4.93. The van der Waals surface area contributed by atoms with Crippen molar-refractivity contribution in [2.45, 2.75) is 58.4 Å². The SMILES string of the molecule is CCOC(=O)c1ccc(NC(=S)NC2(C)CCCCC2)c(C)c1. The number of esters is 1. The molecular weight excluding hydrogens is 308 g/mol. The van der Waals surface area contributed by atoms with Gasteiger partial charge in [-0.3, -0.25) is 0 Å². The number of aryl methyl sites for hydroxylation is 1. The fraction of sp³-hybridized carbons (Fsp3) is 0.556. The molecular formula is C18H26N2O2S. The number of benzene rings is 1. The standard InChI is InChI=1S/C18H26N2O2S/c1-4-22-16(21)14-8-9-15(13(2)12-14)19-17(23)20-18(3)10-6-5-7-11-18/h8-9,12H,4-7,10-11H2,1-3H3,(H2,19,20,23). The Morgan fingerprint density at radius 3 is 2.61 bits per heavy atom. The highest BCUT2D eigenvalue weighted by Gasteiger charge is 2.27. The molecule has 1 fully saturated rings. The quantitative estimate of drug-likeness (QED) is 0.639. The van der Waals surface area contributed by atoms with E-state index in [1.807, 2.05) is 19.1 Å². The second-order valence-electron chi connectivity index (χ2n) is 6.45. The maximum atomic E-state index is 11.8.